The van der Waals surface area contributed by atoms with Gasteiger partial charge in [0.15, 0.2) is 0 Å². The molecule has 3 nitrogen and oxygen atoms in total. The van der Waals surface area contributed by atoms with E-state index >= 15 is 0 Å². The summed E-state index contributed by atoms with van der Waals surface area (Å²) in [6.07, 6.45) is 0. The van der Waals surface area contributed by atoms with E-state index in [1.54, 1.807) is 18.2 Å². The third kappa shape index (κ3) is 2.25. The monoisotopic (exact) mass is 242 g/mol. The molecule has 0 unspecified atom stereocenters. The molecule has 0 spiro atoms. The highest BCUT2D eigenvalue weighted by Gasteiger charge is 2.27. The first kappa shape index (κ1) is 9.19. The molecular weight excluding hydrogens is 227 g/mol. The SMILES string of the molecule is [2H]C1([2H])OB(O)c2ccc(OCc3ccccc3)cc21. The Morgan fingerprint density at radius 3 is 2.94 bits per heavy atom. The van der Waals surface area contributed by atoms with Gasteiger partial charge < -0.3 is 14.4 Å². The van der Waals surface area contributed by atoms with Gasteiger partial charge in [-0.3, -0.25) is 0 Å². The first-order valence-electron chi connectivity index (χ1n) is 6.73. The van der Waals surface area contributed by atoms with Crippen LogP contribution in [0.25, 0.3) is 0 Å². The number of rotatable bonds is 3. The van der Waals surface area contributed by atoms with Gasteiger partial charge >= 0.3 is 7.12 Å². The van der Waals surface area contributed by atoms with Crippen LogP contribution in [0.3, 0.4) is 0 Å². The minimum Gasteiger partial charge on any atom is -0.489 e. The maximum Gasteiger partial charge on any atom is 0.491 e. The second-order valence-electron chi connectivity index (χ2n) is 4.10. The highest BCUT2D eigenvalue weighted by atomic mass is 16.5. The third-order valence-corrected chi connectivity index (χ3v) is 2.82. The largest absolute Gasteiger partial charge is 0.491 e. The molecule has 0 radical (unpaired) electrons. The van der Waals surface area contributed by atoms with Gasteiger partial charge in [0.2, 0.25) is 0 Å². The molecule has 0 bridgehead atoms. The van der Waals surface area contributed by atoms with Crippen LogP contribution in [0.2, 0.25) is 0 Å². The Bertz CT molecular complexity index is 619. The van der Waals surface area contributed by atoms with Crippen molar-refractivity contribution in [2.75, 3.05) is 0 Å². The van der Waals surface area contributed by atoms with Gasteiger partial charge in [0.1, 0.15) is 12.4 Å². The van der Waals surface area contributed by atoms with E-state index in [-0.39, 0.29) is 0 Å². The molecule has 4 heteroatoms. The predicted molar refractivity (Wildman–Crippen MR) is 69.6 cm³/mol. The van der Waals surface area contributed by atoms with Crippen molar-refractivity contribution in [2.24, 2.45) is 0 Å². The van der Waals surface area contributed by atoms with Gasteiger partial charge in [-0.15, -0.1) is 0 Å². The Labute approximate surface area is 109 Å². The van der Waals surface area contributed by atoms with Crippen LogP contribution in [0.4, 0.5) is 0 Å². The Balaban J connectivity index is 1.80. The van der Waals surface area contributed by atoms with Crippen LogP contribution in [-0.2, 0) is 17.8 Å². The molecule has 1 heterocycles. The van der Waals surface area contributed by atoms with Gasteiger partial charge in [-0.2, -0.15) is 0 Å². The van der Waals surface area contributed by atoms with Crippen LogP contribution in [0, 0.1) is 0 Å². The first-order valence-corrected chi connectivity index (χ1v) is 5.73. The predicted octanol–water partition coefficient (Wildman–Crippen LogP) is 1.48. The second-order valence-corrected chi connectivity index (χ2v) is 4.10. The van der Waals surface area contributed by atoms with Gasteiger partial charge in [-0.1, -0.05) is 36.4 Å². The van der Waals surface area contributed by atoms with Crippen molar-refractivity contribution in [2.45, 2.75) is 13.2 Å². The van der Waals surface area contributed by atoms with E-state index < -0.39 is 13.7 Å². The summed E-state index contributed by atoms with van der Waals surface area (Å²) >= 11 is 0. The fourth-order valence-corrected chi connectivity index (χ4v) is 1.85. The lowest BCUT2D eigenvalue weighted by molar-refractivity contribution is 0.274. The lowest BCUT2D eigenvalue weighted by Gasteiger charge is -2.07. The minimum atomic E-state index is -1.99. The molecule has 0 saturated carbocycles. The Morgan fingerprint density at radius 2 is 2.11 bits per heavy atom. The van der Waals surface area contributed by atoms with E-state index in [1.165, 1.54) is 0 Å². The van der Waals surface area contributed by atoms with Crippen molar-refractivity contribution in [3.63, 3.8) is 0 Å². The van der Waals surface area contributed by atoms with E-state index in [1.807, 2.05) is 30.3 Å². The summed E-state index contributed by atoms with van der Waals surface area (Å²) in [7, 11) is -1.22. The molecule has 0 aliphatic carbocycles. The summed E-state index contributed by atoms with van der Waals surface area (Å²) in [5.41, 5.74) is 1.80. The molecule has 0 atom stereocenters. The summed E-state index contributed by atoms with van der Waals surface area (Å²) in [6, 6.07) is 14.6. The number of fused-ring (bicyclic) bond motifs is 1. The van der Waals surface area contributed by atoms with Crippen LogP contribution in [0.1, 0.15) is 13.9 Å². The lowest BCUT2D eigenvalue weighted by atomic mass is 9.80. The van der Waals surface area contributed by atoms with Gasteiger partial charge in [-0.05, 0) is 28.7 Å². The zero-order chi connectivity index (χ0) is 14.2. The van der Waals surface area contributed by atoms with E-state index in [9.17, 15) is 5.02 Å². The highest BCUT2D eigenvalue weighted by Crippen LogP contribution is 2.18. The average Bonchev–Trinajstić information content (AvgIpc) is 2.67. The van der Waals surface area contributed by atoms with Crippen molar-refractivity contribution >= 4 is 12.6 Å². The lowest BCUT2D eigenvalue weighted by Crippen LogP contribution is -2.27. The fraction of sp³-hybridized carbons (Fsp3) is 0.143. The molecule has 2 aromatic rings. The summed E-state index contributed by atoms with van der Waals surface area (Å²) in [5.74, 6) is 0.550. The Morgan fingerprint density at radius 1 is 1.28 bits per heavy atom. The van der Waals surface area contributed by atoms with E-state index in [0.717, 1.165) is 5.56 Å². The molecule has 90 valence electrons. The van der Waals surface area contributed by atoms with Gasteiger partial charge in [0.05, 0.1) is 9.30 Å². The second kappa shape index (κ2) is 4.84. The molecular formula is C14H13BO3. The number of hydrogen-bond donors (Lipinski definition) is 1. The normalized spacial score (nSPS) is 17.9. The molecule has 1 aliphatic rings. The van der Waals surface area contributed by atoms with Crippen molar-refractivity contribution < 1.29 is 17.2 Å². The van der Waals surface area contributed by atoms with Crippen molar-refractivity contribution in [3.8, 4) is 5.75 Å². The molecule has 0 saturated heterocycles. The molecule has 0 fully saturated rings. The summed E-state index contributed by atoms with van der Waals surface area (Å²) in [5, 5.41) is 9.61. The highest BCUT2D eigenvalue weighted by molar-refractivity contribution is 6.61. The van der Waals surface area contributed by atoms with E-state index in [4.69, 9.17) is 12.1 Å². The average molecular weight is 242 g/mol. The van der Waals surface area contributed by atoms with Crippen molar-refractivity contribution in [1.82, 2.24) is 0 Å². The third-order valence-electron chi connectivity index (χ3n) is 2.82. The zero-order valence-corrected chi connectivity index (χ0v) is 9.67. The van der Waals surface area contributed by atoms with Crippen LogP contribution < -0.4 is 10.2 Å². The molecule has 1 aliphatic heterocycles. The number of hydrogen-bond acceptors (Lipinski definition) is 3. The van der Waals surface area contributed by atoms with Gasteiger partial charge in [0.25, 0.3) is 0 Å². The van der Waals surface area contributed by atoms with Crippen molar-refractivity contribution in [3.05, 3.63) is 59.7 Å². The van der Waals surface area contributed by atoms with Crippen LogP contribution in [0.15, 0.2) is 48.5 Å². The van der Waals surface area contributed by atoms with Crippen LogP contribution in [-0.4, -0.2) is 12.1 Å². The van der Waals surface area contributed by atoms with Crippen LogP contribution in [0.5, 0.6) is 5.75 Å². The molecule has 2 aromatic carbocycles. The van der Waals surface area contributed by atoms with Crippen molar-refractivity contribution in [1.29, 1.82) is 0 Å². The van der Waals surface area contributed by atoms with E-state index in [0.29, 0.717) is 23.4 Å². The topological polar surface area (TPSA) is 38.7 Å². The molecule has 0 amide bonds. The fourth-order valence-electron chi connectivity index (χ4n) is 1.85. The maximum atomic E-state index is 9.61. The molecule has 3 rings (SSSR count). The summed E-state index contributed by atoms with van der Waals surface area (Å²) in [6.45, 7) is -1.58. The Kier molecular flexibility index (Phi) is 2.47. The van der Waals surface area contributed by atoms with E-state index in [2.05, 4.69) is 0 Å². The van der Waals surface area contributed by atoms with Gasteiger partial charge in [-0.25, -0.2) is 0 Å². The standard InChI is InChI=1S/C14H13BO3/c16-15-14-7-6-13(8-12(14)10-18-15)17-9-11-4-2-1-3-5-11/h1-8,16H,9-10H2/i10D2. The quantitative estimate of drug-likeness (QED) is 0.828. The first-order chi connectivity index (χ1) is 9.56. The van der Waals surface area contributed by atoms with Crippen LogP contribution >= 0.6 is 0 Å². The molecule has 18 heavy (non-hydrogen) atoms. The number of ether oxygens (including phenoxy) is 1. The summed E-state index contributed by atoms with van der Waals surface area (Å²) in [4.78, 5) is 0. The number of benzene rings is 2. The smallest absolute Gasteiger partial charge is 0.489 e. The minimum absolute atomic E-state index is 0.315. The van der Waals surface area contributed by atoms with Gasteiger partial charge in [0, 0.05) is 0 Å². The molecule has 1 N–H and O–H groups in total. The Hall–Kier alpha value is -1.78. The zero-order valence-electron chi connectivity index (χ0n) is 11.7. The molecule has 0 aromatic heterocycles. The summed E-state index contributed by atoms with van der Waals surface area (Å²) < 4.78 is 26.0. The maximum absolute atomic E-state index is 9.61.